The molecule has 0 bridgehead atoms. The first-order valence-electron chi connectivity index (χ1n) is 5.65. The van der Waals surface area contributed by atoms with Crippen LogP contribution >= 0.6 is 0 Å². The van der Waals surface area contributed by atoms with Crippen molar-refractivity contribution in [3.63, 3.8) is 0 Å². The predicted molar refractivity (Wildman–Crippen MR) is 59.4 cm³/mol. The maximum atomic E-state index is 9.33. The highest BCUT2D eigenvalue weighted by Gasteiger charge is 2.41. The summed E-state index contributed by atoms with van der Waals surface area (Å²) in [5.41, 5.74) is -0.541. The van der Waals surface area contributed by atoms with E-state index in [1.165, 1.54) is 0 Å². The number of ether oxygens (including phenoxy) is 2. The largest absolute Gasteiger partial charge is 0.396 e. The van der Waals surface area contributed by atoms with E-state index in [2.05, 4.69) is 4.84 Å². The molecular formula is C11H23NO4. The molecule has 0 radical (unpaired) electrons. The van der Waals surface area contributed by atoms with Gasteiger partial charge in [-0.2, -0.15) is 0 Å². The molecule has 5 nitrogen and oxygen atoms in total. The number of aliphatic hydroxyl groups is 1. The van der Waals surface area contributed by atoms with E-state index in [1.54, 1.807) is 0 Å². The van der Waals surface area contributed by atoms with Crippen molar-refractivity contribution in [3.05, 3.63) is 0 Å². The molecule has 16 heavy (non-hydrogen) atoms. The summed E-state index contributed by atoms with van der Waals surface area (Å²) in [5.74, 6) is 5.08. The monoisotopic (exact) mass is 233 g/mol. The third kappa shape index (κ3) is 2.93. The van der Waals surface area contributed by atoms with Gasteiger partial charge in [0, 0.05) is 10.8 Å². The Bertz CT molecular complexity index is 206. The molecule has 0 unspecified atom stereocenters. The lowest BCUT2D eigenvalue weighted by Crippen LogP contribution is -2.50. The van der Waals surface area contributed by atoms with E-state index < -0.39 is 0 Å². The quantitative estimate of drug-likeness (QED) is 0.683. The van der Waals surface area contributed by atoms with Gasteiger partial charge in [0.1, 0.15) is 0 Å². The molecule has 0 spiro atoms. The topological polar surface area (TPSA) is 73.9 Å². The van der Waals surface area contributed by atoms with Crippen LogP contribution in [-0.2, 0) is 14.3 Å². The van der Waals surface area contributed by atoms with E-state index in [4.69, 9.17) is 15.4 Å². The predicted octanol–water partition coefficient (Wildman–Crippen LogP) is 0.664. The fourth-order valence-corrected chi connectivity index (χ4v) is 1.74. The zero-order chi connectivity index (χ0) is 12.2. The summed E-state index contributed by atoms with van der Waals surface area (Å²) in [6, 6.07) is 0. The summed E-state index contributed by atoms with van der Waals surface area (Å²) < 4.78 is 11.4. The Balaban J connectivity index is 2.54. The van der Waals surface area contributed by atoms with Crippen LogP contribution in [0.15, 0.2) is 0 Å². The molecule has 1 heterocycles. The summed E-state index contributed by atoms with van der Waals surface area (Å²) >= 11 is 0. The number of hydrogen-bond acceptors (Lipinski definition) is 5. The molecule has 96 valence electrons. The molecule has 0 aromatic carbocycles. The standard InChI is InChI=1S/C11H23NO4/c1-4-11(5-13)7-14-9(15-8-11)10(2,3)6-16-12/h9,13H,4-8,12H2,1-3H3. The van der Waals surface area contributed by atoms with Gasteiger partial charge in [-0.3, -0.25) is 0 Å². The Morgan fingerprint density at radius 3 is 2.38 bits per heavy atom. The molecular weight excluding hydrogens is 210 g/mol. The Hall–Kier alpha value is -0.200. The molecule has 1 aliphatic heterocycles. The van der Waals surface area contributed by atoms with Crippen LogP contribution in [0.2, 0.25) is 0 Å². The summed E-state index contributed by atoms with van der Waals surface area (Å²) in [7, 11) is 0. The van der Waals surface area contributed by atoms with Gasteiger partial charge in [-0.1, -0.05) is 20.8 Å². The normalized spacial score (nSPS) is 31.7. The van der Waals surface area contributed by atoms with E-state index in [-0.39, 0.29) is 23.7 Å². The maximum Gasteiger partial charge on any atom is 0.164 e. The second-order valence-corrected chi connectivity index (χ2v) is 5.27. The first-order chi connectivity index (χ1) is 7.49. The van der Waals surface area contributed by atoms with E-state index in [9.17, 15) is 5.11 Å². The zero-order valence-corrected chi connectivity index (χ0v) is 10.4. The first kappa shape index (κ1) is 13.9. The lowest BCUT2D eigenvalue weighted by molar-refractivity contribution is -0.281. The van der Waals surface area contributed by atoms with Crippen molar-refractivity contribution in [3.8, 4) is 0 Å². The van der Waals surface area contributed by atoms with Crippen LogP contribution in [0.4, 0.5) is 0 Å². The van der Waals surface area contributed by atoms with Gasteiger partial charge in [0.2, 0.25) is 0 Å². The van der Waals surface area contributed by atoms with Crippen molar-refractivity contribution < 1.29 is 19.4 Å². The molecule has 1 rings (SSSR count). The highest BCUT2D eigenvalue weighted by atomic mass is 16.7. The van der Waals surface area contributed by atoms with Gasteiger partial charge in [0.25, 0.3) is 0 Å². The third-order valence-electron chi connectivity index (χ3n) is 3.26. The molecule has 0 amide bonds. The maximum absolute atomic E-state index is 9.33. The Morgan fingerprint density at radius 2 is 2.00 bits per heavy atom. The summed E-state index contributed by atoms with van der Waals surface area (Å²) in [4.78, 5) is 4.66. The second kappa shape index (κ2) is 5.42. The smallest absolute Gasteiger partial charge is 0.164 e. The van der Waals surface area contributed by atoms with Crippen LogP contribution in [0.5, 0.6) is 0 Å². The molecule has 3 N–H and O–H groups in total. The number of hydrogen-bond donors (Lipinski definition) is 2. The number of nitrogens with two attached hydrogens (primary N) is 1. The Labute approximate surface area is 96.8 Å². The lowest BCUT2D eigenvalue weighted by Gasteiger charge is -2.43. The van der Waals surface area contributed by atoms with E-state index in [0.717, 1.165) is 6.42 Å². The van der Waals surface area contributed by atoms with Gasteiger partial charge in [0.15, 0.2) is 6.29 Å². The highest BCUT2D eigenvalue weighted by Crippen LogP contribution is 2.34. The van der Waals surface area contributed by atoms with E-state index in [0.29, 0.717) is 19.8 Å². The molecule has 1 saturated heterocycles. The lowest BCUT2D eigenvalue weighted by atomic mass is 9.86. The fraction of sp³-hybridized carbons (Fsp3) is 1.00. The van der Waals surface area contributed by atoms with E-state index >= 15 is 0 Å². The average molecular weight is 233 g/mol. The van der Waals surface area contributed by atoms with Gasteiger partial charge in [-0.15, -0.1) is 0 Å². The van der Waals surface area contributed by atoms with Crippen LogP contribution in [0, 0.1) is 10.8 Å². The van der Waals surface area contributed by atoms with Gasteiger partial charge in [-0.05, 0) is 6.42 Å². The molecule has 5 heteroatoms. The van der Waals surface area contributed by atoms with Gasteiger partial charge in [-0.25, -0.2) is 5.90 Å². The Morgan fingerprint density at radius 1 is 1.44 bits per heavy atom. The molecule has 0 aromatic heterocycles. The Kier molecular flexibility index (Phi) is 4.70. The van der Waals surface area contributed by atoms with Gasteiger partial charge >= 0.3 is 0 Å². The van der Waals surface area contributed by atoms with E-state index in [1.807, 2.05) is 20.8 Å². The van der Waals surface area contributed by atoms with Crippen LogP contribution in [0.3, 0.4) is 0 Å². The molecule has 1 aliphatic rings. The van der Waals surface area contributed by atoms with Crippen LogP contribution < -0.4 is 5.90 Å². The van der Waals surface area contributed by atoms with Crippen molar-refractivity contribution in [1.82, 2.24) is 0 Å². The first-order valence-corrected chi connectivity index (χ1v) is 5.65. The molecule has 0 atom stereocenters. The van der Waals surface area contributed by atoms with Crippen LogP contribution in [0.25, 0.3) is 0 Å². The third-order valence-corrected chi connectivity index (χ3v) is 3.26. The molecule has 0 aromatic rings. The molecule has 0 saturated carbocycles. The van der Waals surface area contributed by atoms with Crippen molar-refractivity contribution in [2.24, 2.45) is 16.7 Å². The minimum atomic E-state index is -0.331. The highest BCUT2D eigenvalue weighted by molar-refractivity contribution is 4.83. The summed E-state index contributed by atoms with van der Waals surface area (Å²) in [5, 5.41) is 9.33. The molecule has 0 aliphatic carbocycles. The molecule has 1 fully saturated rings. The van der Waals surface area contributed by atoms with Crippen molar-refractivity contribution in [2.45, 2.75) is 33.5 Å². The van der Waals surface area contributed by atoms with Crippen molar-refractivity contribution >= 4 is 0 Å². The van der Waals surface area contributed by atoms with Crippen LogP contribution in [-0.4, -0.2) is 37.8 Å². The SMILES string of the molecule is CCC1(CO)COC(C(C)(C)CON)OC1. The average Bonchev–Trinajstić information content (AvgIpc) is 2.29. The minimum absolute atomic E-state index is 0.0873. The fourth-order valence-electron chi connectivity index (χ4n) is 1.74. The second-order valence-electron chi connectivity index (χ2n) is 5.27. The van der Waals surface area contributed by atoms with Crippen molar-refractivity contribution in [1.29, 1.82) is 0 Å². The number of aliphatic hydroxyl groups excluding tert-OH is 1. The minimum Gasteiger partial charge on any atom is -0.396 e. The van der Waals surface area contributed by atoms with Crippen LogP contribution in [0.1, 0.15) is 27.2 Å². The van der Waals surface area contributed by atoms with Crippen molar-refractivity contribution in [2.75, 3.05) is 26.4 Å². The number of rotatable bonds is 5. The summed E-state index contributed by atoms with van der Waals surface area (Å²) in [6.07, 6.45) is 0.506. The summed E-state index contributed by atoms with van der Waals surface area (Å²) in [6.45, 7) is 7.46. The zero-order valence-electron chi connectivity index (χ0n) is 10.4. The van der Waals surface area contributed by atoms with Gasteiger partial charge in [0.05, 0.1) is 26.4 Å². The van der Waals surface area contributed by atoms with Gasteiger partial charge < -0.3 is 19.4 Å².